The second-order valence-corrected chi connectivity index (χ2v) is 6.93. The van der Waals surface area contributed by atoms with Gasteiger partial charge >= 0.3 is 12.1 Å². The third-order valence-corrected chi connectivity index (χ3v) is 3.62. The second-order valence-electron chi connectivity index (χ2n) is 6.93. The van der Waals surface area contributed by atoms with Crippen LogP contribution < -0.4 is 5.32 Å². The molecule has 1 rings (SSSR count). The Bertz CT molecular complexity index is 387. The number of nitrogens with one attached hydrogen (secondary N) is 1. The number of hydrogen-bond donors (Lipinski definition) is 1. The van der Waals surface area contributed by atoms with E-state index in [0.29, 0.717) is 26.2 Å². The second kappa shape index (κ2) is 10.5. The molecule has 0 unspecified atom stereocenters. The van der Waals surface area contributed by atoms with Gasteiger partial charge in [-0.3, -0.25) is 4.79 Å². The summed E-state index contributed by atoms with van der Waals surface area (Å²) in [5, 5.41) is 2.93. The molecule has 0 saturated carbocycles. The Morgan fingerprint density at radius 3 is 2.42 bits per heavy atom. The molecule has 0 aliphatic carbocycles. The maximum absolute atomic E-state index is 11.7. The number of nitrogens with zero attached hydrogens (tertiary/aromatic N) is 1. The topological polar surface area (TPSA) is 77.1 Å². The van der Waals surface area contributed by atoms with E-state index >= 15 is 0 Å². The molecule has 0 bridgehead atoms. The van der Waals surface area contributed by atoms with Crippen LogP contribution >= 0.6 is 0 Å². The summed E-state index contributed by atoms with van der Waals surface area (Å²) < 4.78 is 15.6. The first-order valence-corrected chi connectivity index (χ1v) is 8.75. The van der Waals surface area contributed by atoms with Gasteiger partial charge in [0, 0.05) is 25.7 Å². The van der Waals surface area contributed by atoms with Crippen molar-refractivity contribution < 1.29 is 23.8 Å². The van der Waals surface area contributed by atoms with Gasteiger partial charge in [0.05, 0.1) is 26.2 Å². The summed E-state index contributed by atoms with van der Waals surface area (Å²) in [5.74, 6) is -0.216. The fourth-order valence-corrected chi connectivity index (χ4v) is 2.46. The third kappa shape index (κ3) is 9.72. The summed E-state index contributed by atoms with van der Waals surface area (Å²) in [6, 6.07) is 0.167. The lowest BCUT2D eigenvalue weighted by atomic mass is 10.1. The van der Waals surface area contributed by atoms with Crippen molar-refractivity contribution >= 4 is 12.1 Å². The molecule has 1 N–H and O–H groups in total. The molecule has 1 amide bonds. The highest BCUT2D eigenvalue weighted by Gasteiger charge is 2.23. The summed E-state index contributed by atoms with van der Waals surface area (Å²) in [6.07, 6.45) is 1.77. The number of alkyl carbamates (subject to hydrolysis) is 1. The van der Waals surface area contributed by atoms with Crippen LogP contribution in [0.25, 0.3) is 0 Å². The quantitative estimate of drug-likeness (QED) is 0.536. The normalized spacial score (nSPS) is 16.7. The predicted molar refractivity (Wildman–Crippen MR) is 90.9 cm³/mol. The number of amides is 1. The lowest BCUT2D eigenvalue weighted by Crippen LogP contribution is -2.46. The Balaban J connectivity index is 2.07. The van der Waals surface area contributed by atoms with Crippen LogP contribution in [0.3, 0.4) is 0 Å². The minimum Gasteiger partial charge on any atom is -0.466 e. The van der Waals surface area contributed by atoms with E-state index in [0.717, 1.165) is 32.5 Å². The molecule has 0 aromatic carbocycles. The first-order chi connectivity index (χ1) is 11.3. The van der Waals surface area contributed by atoms with E-state index in [4.69, 9.17) is 14.2 Å². The highest BCUT2D eigenvalue weighted by Crippen LogP contribution is 2.12. The molecule has 0 radical (unpaired) electrons. The molecule has 0 aromatic heterocycles. The van der Waals surface area contributed by atoms with E-state index in [1.54, 1.807) is 6.92 Å². The Morgan fingerprint density at radius 1 is 1.17 bits per heavy atom. The van der Waals surface area contributed by atoms with Crippen LogP contribution in [0, 0.1) is 0 Å². The number of ether oxygens (including phenoxy) is 3. The number of hydrogen-bond acceptors (Lipinski definition) is 6. The zero-order valence-corrected chi connectivity index (χ0v) is 15.4. The molecule has 7 heteroatoms. The standard InChI is InChI=1S/C17H32N2O5/c1-5-23-15(20)8-12-22-13-11-19-9-6-14(7-10-19)18-16(21)24-17(2,3)4/h14H,5-13H2,1-4H3,(H,18,21). The molecule has 1 aliphatic heterocycles. The molecular formula is C17H32N2O5. The maximum atomic E-state index is 11.7. The Hall–Kier alpha value is -1.34. The minimum absolute atomic E-state index is 0.167. The van der Waals surface area contributed by atoms with Crippen molar-refractivity contribution in [1.29, 1.82) is 0 Å². The average Bonchev–Trinajstić information content (AvgIpc) is 2.47. The average molecular weight is 344 g/mol. The fourth-order valence-electron chi connectivity index (χ4n) is 2.46. The van der Waals surface area contributed by atoms with Crippen molar-refractivity contribution in [2.24, 2.45) is 0 Å². The SMILES string of the molecule is CCOC(=O)CCOCCN1CCC(NC(=O)OC(C)(C)C)CC1. The van der Waals surface area contributed by atoms with Crippen molar-refractivity contribution in [3.8, 4) is 0 Å². The molecule has 1 saturated heterocycles. The Labute approximate surface area is 145 Å². The van der Waals surface area contributed by atoms with Gasteiger partial charge in [0.2, 0.25) is 0 Å². The summed E-state index contributed by atoms with van der Waals surface area (Å²) >= 11 is 0. The smallest absolute Gasteiger partial charge is 0.407 e. The number of likely N-dealkylation sites (tertiary alicyclic amines) is 1. The predicted octanol–water partition coefficient (Wildman–Crippen LogP) is 1.95. The molecule has 24 heavy (non-hydrogen) atoms. The van der Waals surface area contributed by atoms with Crippen LogP contribution in [0.2, 0.25) is 0 Å². The maximum Gasteiger partial charge on any atom is 0.407 e. The Kier molecular flexibility index (Phi) is 9.07. The summed E-state index contributed by atoms with van der Waals surface area (Å²) in [7, 11) is 0. The van der Waals surface area contributed by atoms with Crippen LogP contribution in [-0.4, -0.2) is 68.1 Å². The molecule has 1 fully saturated rings. The molecule has 0 aromatic rings. The molecule has 7 nitrogen and oxygen atoms in total. The molecule has 140 valence electrons. The zero-order valence-electron chi connectivity index (χ0n) is 15.4. The van der Waals surface area contributed by atoms with Gasteiger partial charge in [-0.05, 0) is 40.5 Å². The van der Waals surface area contributed by atoms with E-state index in [2.05, 4.69) is 10.2 Å². The van der Waals surface area contributed by atoms with Gasteiger partial charge in [0.25, 0.3) is 0 Å². The van der Waals surface area contributed by atoms with E-state index in [1.165, 1.54) is 0 Å². The lowest BCUT2D eigenvalue weighted by Gasteiger charge is -2.32. The number of piperidine rings is 1. The molecule has 0 atom stereocenters. The lowest BCUT2D eigenvalue weighted by molar-refractivity contribution is -0.144. The molecule has 1 aliphatic rings. The molecule has 0 spiro atoms. The van der Waals surface area contributed by atoms with Gasteiger partial charge in [-0.2, -0.15) is 0 Å². The zero-order chi connectivity index (χ0) is 18.0. The van der Waals surface area contributed by atoms with Crippen LogP contribution in [0.5, 0.6) is 0 Å². The van der Waals surface area contributed by atoms with Gasteiger partial charge in [-0.1, -0.05) is 0 Å². The van der Waals surface area contributed by atoms with Gasteiger partial charge in [-0.25, -0.2) is 4.79 Å². The van der Waals surface area contributed by atoms with Crippen LogP contribution in [-0.2, 0) is 19.0 Å². The van der Waals surface area contributed by atoms with Crippen LogP contribution in [0.4, 0.5) is 4.79 Å². The van der Waals surface area contributed by atoms with E-state index in [9.17, 15) is 9.59 Å². The molecular weight excluding hydrogens is 312 g/mol. The number of carbonyl (C=O) groups is 2. The Morgan fingerprint density at radius 2 is 1.83 bits per heavy atom. The third-order valence-electron chi connectivity index (χ3n) is 3.62. The number of carbonyl (C=O) groups excluding carboxylic acids is 2. The van der Waals surface area contributed by atoms with Crippen LogP contribution in [0.15, 0.2) is 0 Å². The van der Waals surface area contributed by atoms with Crippen molar-refractivity contribution in [1.82, 2.24) is 10.2 Å². The minimum atomic E-state index is -0.467. The first kappa shape index (κ1) is 20.7. The van der Waals surface area contributed by atoms with Gasteiger partial charge in [0.1, 0.15) is 5.60 Å². The monoisotopic (exact) mass is 344 g/mol. The van der Waals surface area contributed by atoms with Gasteiger partial charge in [0.15, 0.2) is 0 Å². The highest BCUT2D eigenvalue weighted by molar-refractivity contribution is 5.69. The van der Waals surface area contributed by atoms with Crippen molar-refractivity contribution in [3.05, 3.63) is 0 Å². The highest BCUT2D eigenvalue weighted by atomic mass is 16.6. The fraction of sp³-hybridized carbons (Fsp3) is 0.882. The summed E-state index contributed by atoms with van der Waals surface area (Å²) in [6.45, 7) is 11.4. The van der Waals surface area contributed by atoms with Crippen molar-refractivity contribution in [2.75, 3.05) is 39.5 Å². The molecule has 1 heterocycles. The number of esters is 1. The van der Waals surface area contributed by atoms with Gasteiger partial charge < -0.3 is 24.4 Å². The van der Waals surface area contributed by atoms with E-state index in [1.807, 2.05) is 20.8 Å². The van der Waals surface area contributed by atoms with Crippen molar-refractivity contribution in [2.45, 2.75) is 58.6 Å². The van der Waals surface area contributed by atoms with Crippen molar-refractivity contribution in [3.63, 3.8) is 0 Å². The van der Waals surface area contributed by atoms with E-state index < -0.39 is 5.60 Å². The summed E-state index contributed by atoms with van der Waals surface area (Å²) in [4.78, 5) is 25.2. The van der Waals surface area contributed by atoms with Crippen LogP contribution in [0.1, 0.15) is 47.0 Å². The summed E-state index contributed by atoms with van der Waals surface area (Å²) in [5.41, 5.74) is -0.467. The first-order valence-electron chi connectivity index (χ1n) is 8.75. The largest absolute Gasteiger partial charge is 0.466 e. The van der Waals surface area contributed by atoms with E-state index in [-0.39, 0.29) is 18.1 Å². The van der Waals surface area contributed by atoms with Gasteiger partial charge in [-0.15, -0.1) is 0 Å². The number of rotatable bonds is 8.